The molecule has 0 unspecified atom stereocenters. The lowest BCUT2D eigenvalue weighted by Crippen LogP contribution is -2.67. The van der Waals surface area contributed by atoms with Gasteiger partial charge in [-0.15, -0.1) is 0 Å². The lowest BCUT2D eigenvalue weighted by Gasteiger charge is -2.43. The predicted molar refractivity (Wildman–Crippen MR) is 469 cm³/mol. The van der Waals surface area contributed by atoms with Crippen molar-refractivity contribution in [2.24, 2.45) is 5.73 Å². The molecule has 0 radical (unpaired) electrons. The molecule has 4 atom stereocenters. The van der Waals surface area contributed by atoms with Crippen LogP contribution in [0.3, 0.4) is 0 Å². The van der Waals surface area contributed by atoms with E-state index in [1.165, 1.54) is 184 Å². The SMILES string of the molecule is CCCCCCCCCCCC(=O)O[C@H](CCCCCCC)CCOC[C@@H](N)CO[Si](c1ccccc1)(c1ccccc1)C(C)(C)C.CCCCCCCCCCCCS(=O)(=O)N[C@H](COCC[C@@H](CCCCCCC)OC(=O)CCCCCCCCCCC)CO[Si](c1ccccc1)(c1ccccc1)C(C)(C)C. The van der Waals surface area contributed by atoms with E-state index in [2.05, 4.69) is 190 Å². The molecular weight excluding hydrogens is 1410 g/mol. The van der Waals surface area contributed by atoms with E-state index in [0.717, 1.165) is 87.4 Å². The largest absolute Gasteiger partial charge is 0.462 e. The van der Waals surface area contributed by atoms with Crippen molar-refractivity contribution in [1.29, 1.82) is 0 Å². The second-order valence-electron chi connectivity index (χ2n) is 33.5. The topological polar surface area (TPSA) is 162 Å². The fourth-order valence-electron chi connectivity index (χ4n) is 15.3. The second kappa shape index (κ2) is 61.4. The molecule has 0 aliphatic rings. The Kier molecular flexibility index (Phi) is 55.9. The third-order valence-corrected chi connectivity index (χ3v) is 33.1. The van der Waals surface area contributed by atoms with E-state index < -0.39 is 32.7 Å². The quantitative estimate of drug-likeness (QED) is 0.0246. The zero-order chi connectivity index (χ0) is 79.4. The summed E-state index contributed by atoms with van der Waals surface area (Å²) in [5.74, 6) is -0.0708. The van der Waals surface area contributed by atoms with Gasteiger partial charge in [-0.1, -0.05) is 409 Å². The van der Waals surface area contributed by atoms with E-state index in [0.29, 0.717) is 58.5 Å². The lowest BCUT2D eigenvalue weighted by atomic mass is 10.1. The van der Waals surface area contributed by atoms with Gasteiger partial charge < -0.3 is 33.5 Å². The monoisotopic (exact) mass is 1570 g/mol. The maximum atomic E-state index is 13.7. The van der Waals surface area contributed by atoms with Crippen LogP contribution < -0.4 is 31.2 Å². The Morgan fingerprint density at radius 2 is 0.633 bits per heavy atom. The van der Waals surface area contributed by atoms with E-state index >= 15 is 0 Å². The molecule has 15 heteroatoms. The molecule has 0 saturated carbocycles. The highest BCUT2D eigenvalue weighted by Gasteiger charge is 2.52. The first-order valence-electron chi connectivity index (χ1n) is 44.5. The summed E-state index contributed by atoms with van der Waals surface area (Å²) in [4.78, 5) is 25.8. The molecule has 0 aliphatic heterocycles. The summed E-state index contributed by atoms with van der Waals surface area (Å²) in [5.41, 5.74) is 6.61. The van der Waals surface area contributed by atoms with Crippen LogP contribution >= 0.6 is 0 Å². The van der Waals surface area contributed by atoms with Crippen LogP contribution in [0.4, 0.5) is 0 Å². The number of esters is 2. The molecule has 0 amide bonds. The van der Waals surface area contributed by atoms with Crippen LogP contribution in [-0.4, -0.2) is 107 Å². The molecule has 0 saturated heterocycles. The molecule has 4 aromatic carbocycles. The van der Waals surface area contributed by atoms with Crippen LogP contribution in [0.1, 0.15) is 359 Å². The van der Waals surface area contributed by atoms with Crippen molar-refractivity contribution in [3.8, 4) is 0 Å². The Hall–Kier alpha value is -4.04. The number of unbranched alkanes of at least 4 members (excludes halogenated alkanes) is 33. The van der Waals surface area contributed by atoms with Crippen LogP contribution in [0, 0.1) is 0 Å². The van der Waals surface area contributed by atoms with Crippen LogP contribution in [0.5, 0.6) is 0 Å². The number of hydrogen-bond donors (Lipinski definition) is 2. The molecule has 622 valence electrons. The van der Waals surface area contributed by atoms with Gasteiger partial charge in [0.25, 0.3) is 16.6 Å². The normalized spacial score (nSPS) is 13.4. The Morgan fingerprint density at radius 3 is 0.945 bits per heavy atom. The molecule has 0 heterocycles. The lowest BCUT2D eigenvalue weighted by molar-refractivity contribution is -0.151. The summed E-state index contributed by atoms with van der Waals surface area (Å²) >= 11 is 0. The zero-order valence-electron chi connectivity index (χ0n) is 71.5. The summed E-state index contributed by atoms with van der Waals surface area (Å²) in [6.45, 7) is 26.8. The van der Waals surface area contributed by atoms with Crippen molar-refractivity contribution in [2.75, 3.05) is 45.4 Å². The van der Waals surface area contributed by atoms with E-state index in [1.54, 1.807) is 0 Å². The fourth-order valence-corrected chi connectivity index (χ4v) is 25.8. The van der Waals surface area contributed by atoms with Gasteiger partial charge in [0, 0.05) is 25.7 Å². The van der Waals surface area contributed by atoms with Crippen molar-refractivity contribution in [2.45, 2.75) is 393 Å². The Bertz CT molecular complexity index is 2820. The number of ether oxygens (including phenoxy) is 4. The van der Waals surface area contributed by atoms with Gasteiger partial charge in [0.15, 0.2) is 0 Å². The number of carbonyl (C=O) groups excluding carboxylic acids is 2. The number of sulfonamides is 1. The van der Waals surface area contributed by atoms with Gasteiger partial charge in [0.1, 0.15) is 12.2 Å². The third-order valence-electron chi connectivity index (χ3n) is 21.6. The van der Waals surface area contributed by atoms with Gasteiger partial charge in [-0.05, 0) is 75.8 Å². The van der Waals surface area contributed by atoms with E-state index in [-0.39, 0.29) is 59.2 Å². The first kappa shape index (κ1) is 99.2. The Morgan fingerprint density at radius 1 is 0.358 bits per heavy atom. The number of benzene rings is 4. The highest BCUT2D eigenvalue weighted by molar-refractivity contribution is 7.89. The molecule has 0 spiro atoms. The smallest absolute Gasteiger partial charge is 0.306 e. The Labute approximate surface area is 671 Å². The van der Waals surface area contributed by atoms with Crippen molar-refractivity contribution >= 4 is 59.3 Å². The minimum atomic E-state index is -3.59. The maximum absolute atomic E-state index is 13.7. The summed E-state index contributed by atoms with van der Waals surface area (Å²) in [6.07, 6.45) is 49.0. The zero-order valence-corrected chi connectivity index (χ0v) is 74.3. The molecule has 12 nitrogen and oxygen atoms in total. The van der Waals surface area contributed by atoms with E-state index in [4.69, 9.17) is 33.5 Å². The number of nitrogens with one attached hydrogen (secondary N) is 1. The van der Waals surface area contributed by atoms with Crippen LogP contribution in [-0.2, 0) is 47.4 Å². The minimum Gasteiger partial charge on any atom is -0.462 e. The van der Waals surface area contributed by atoms with Gasteiger partial charge in [-0.2, -0.15) is 0 Å². The number of carbonyl (C=O) groups is 2. The molecule has 0 bridgehead atoms. The maximum Gasteiger partial charge on any atom is 0.306 e. The number of hydrogen-bond acceptors (Lipinski definition) is 11. The molecule has 109 heavy (non-hydrogen) atoms. The molecule has 4 aromatic rings. The molecule has 4 rings (SSSR count). The highest BCUT2D eigenvalue weighted by Crippen LogP contribution is 2.38. The second-order valence-corrected chi connectivity index (χ2v) is 44.0. The molecule has 0 fully saturated rings. The van der Waals surface area contributed by atoms with Gasteiger partial charge >= 0.3 is 11.9 Å². The van der Waals surface area contributed by atoms with Gasteiger partial charge in [-0.25, -0.2) is 13.1 Å². The average Bonchev–Trinajstić information content (AvgIpc) is 0.754. The van der Waals surface area contributed by atoms with E-state index in [9.17, 15) is 18.0 Å². The fraction of sp³-hybridized carbons (Fsp3) is 0.723. The first-order chi connectivity index (χ1) is 52.7. The van der Waals surface area contributed by atoms with Gasteiger partial charge in [-0.3, -0.25) is 9.59 Å². The van der Waals surface area contributed by atoms with Crippen molar-refractivity contribution in [1.82, 2.24) is 4.72 Å². The molecule has 0 aromatic heterocycles. The van der Waals surface area contributed by atoms with Crippen LogP contribution in [0.2, 0.25) is 10.1 Å². The van der Waals surface area contributed by atoms with Crippen molar-refractivity contribution < 1.29 is 45.8 Å². The summed E-state index contributed by atoms with van der Waals surface area (Å²) < 4.78 is 69.2. The average molecular weight is 1570 g/mol. The summed E-state index contributed by atoms with van der Waals surface area (Å²) in [6, 6.07) is 41.4. The standard InChI is InChI=1S/C53H93NO6SSi.C41H69NO4Si/c1-7-10-13-16-18-20-22-24-27-36-45-61(56,57)54-48(47-59-62(53(4,5)6,50-38-31-28-32-39-50)51-40-33-29-34-41-51)46-58-44-43-49(37-30-25-15-12-9-3)60-52(55)42-35-26-23-21-19-17-14-11-8-2;1-6-8-10-12-13-14-15-17-25-31-40(43)46-37(26-20-16-11-9-7-2)32-33-44-34-36(42)35-45-47(41(3,4)5,38-27-21-18-22-28-38)39-29-23-19-24-30-39/h28-29,31-34,38-41,48-49,54H,7-27,30,35-37,42-47H2,1-6H3;18-19,21-24,27-30,36-37H,6-17,20,25-26,31-35,42H2,1-5H3/t48-,49-;36-,37-/m11/s1. The van der Waals surface area contributed by atoms with Crippen LogP contribution in [0.25, 0.3) is 0 Å². The molecular formula is C94H162N2O10SSi2. The third kappa shape index (κ3) is 43.3. The Balaban J connectivity index is 0.000000587. The molecule has 3 N–H and O–H groups in total. The van der Waals surface area contributed by atoms with Crippen molar-refractivity contribution in [3.05, 3.63) is 121 Å². The number of rotatable bonds is 67. The number of nitrogens with two attached hydrogens (primary N) is 1. The van der Waals surface area contributed by atoms with Gasteiger partial charge in [0.2, 0.25) is 10.0 Å². The van der Waals surface area contributed by atoms with Crippen molar-refractivity contribution in [3.63, 3.8) is 0 Å². The van der Waals surface area contributed by atoms with Crippen LogP contribution in [0.15, 0.2) is 121 Å². The van der Waals surface area contributed by atoms with Gasteiger partial charge in [0.05, 0.1) is 57.5 Å². The minimum absolute atomic E-state index is 0.0538. The highest BCUT2D eigenvalue weighted by atomic mass is 32.2. The van der Waals surface area contributed by atoms with E-state index in [1.807, 2.05) is 12.1 Å². The summed E-state index contributed by atoms with van der Waals surface area (Å²) in [7, 11) is -9.16. The summed E-state index contributed by atoms with van der Waals surface area (Å²) in [5, 5.41) is 4.45. The predicted octanol–water partition coefficient (Wildman–Crippen LogP) is 22.9. The first-order valence-corrected chi connectivity index (χ1v) is 50.0. The molecule has 0 aliphatic carbocycles.